The van der Waals surface area contributed by atoms with E-state index in [1.165, 1.54) is 7.11 Å². The molecule has 0 bridgehead atoms. The molecule has 0 fully saturated rings. The lowest BCUT2D eigenvalue weighted by Crippen LogP contribution is -2.39. The summed E-state index contributed by atoms with van der Waals surface area (Å²) < 4.78 is 41.6. The van der Waals surface area contributed by atoms with E-state index in [0.29, 0.717) is 34.8 Å². The van der Waals surface area contributed by atoms with Gasteiger partial charge in [0.15, 0.2) is 0 Å². The van der Waals surface area contributed by atoms with Gasteiger partial charge in [0, 0.05) is 16.7 Å². The third-order valence-corrected chi connectivity index (χ3v) is 7.31. The molecule has 1 unspecified atom stereocenters. The van der Waals surface area contributed by atoms with E-state index in [4.69, 9.17) is 4.74 Å². The number of rotatable bonds is 9. The third kappa shape index (κ3) is 6.19. The van der Waals surface area contributed by atoms with Gasteiger partial charge in [0.05, 0.1) is 7.11 Å². The summed E-state index contributed by atoms with van der Waals surface area (Å²) >= 11 is 0. The number of benzene rings is 1. The molecule has 0 aliphatic carbocycles. The van der Waals surface area contributed by atoms with Gasteiger partial charge >= 0.3 is 0 Å². The highest BCUT2D eigenvalue weighted by Gasteiger charge is 2.48. The lowest BCUT2D eigenvalue weighted by atomic mass is 9.56. The van der Waals surface area contributed by atoms with E-state index in [0.717, 1.165) is 12.8 Å². The number of methoxy groups -OCH3 is 1. The summed E-state index contributed by atoms with van der Waals surface area (Å²) in [6.07, 6.45) is 1.99. The van der Waals surface area contributed by atoms with Crippen LogP contribution in [0, 0.1) is 29.1 Å². The summed E-state index contributed by atoms with van der Waals surface area (Å²) in [6, 6.07) is 0. The zero-order valence-corrected chi connectivity index (χ0v) is 23.1. The van der Waals surface area contributed by atoms with Gasteiger partial charge in [0.2, 0.25) is 0 Å². The molecule has 2 N–H and O–H groups in total. The van der Waals surface area contributed by atoms with Crippen molar-refractivity contribution in [3.63, 3.8) is 0 Å². The Morgan fingerprint density at radius 1 is 1.00 bits per heavy atom. The molecular weight excluding hydrogens is 424 g/mol. The van der Waals surface area contributed by atoms with Crippen LogP contribution in [0.3, 0.4) is 0 Å². The molecule has 0 saturated carbocycles. The van der Waals surface area contributed by atoms with Crippen molar-refractivity contribution >= 4 is 10.1 Å². The lowest BCUT2D eigenvalue weighted by Gasteiger charge is -2.49. The fraction of sp³-hybridized carbons (Fsp3) is 0.769. The fourth-order valence-electron chi connectivity index (χ4n) is 6.55. The van der Waals surface area contributed by atoms with Crippen molar-refractivity contribution < 1.29 is 22.8 Å². The Balaban J connectivity index is 4.26. The largest absolute Gasteiger partial charge is 0.507 e. The van der Waals surface area contributed by atoms with Gasteiger partial charge in [-0.05, 0) is 54.3 Å². The highest BCUT2D eigenvalue weighted by atomic mass is 32.2. The number of phenolic OH excluding ortho intramolecular Hbond substituents is 1. The molecule has 0 spiro atoms. The van der Waals surface area contributed by atoms with Crippen LogP contribution in [-0.4, -0.2) is 25.2 Å². The summed E-state index contributed by atoms with van der Waals surface area (Å²) in [7, 11) is -3.17. The van der Waals surface area contributed by atoms with E-state index in [-0.39, 0.29) is 32.8 Å². The second kappa shape index (κ2) is 9.54. The number of hydrogen-bond donors (Lipinski definition) is 2. The van der Waals surface area contributed by atoms with Gasteiger partial charge in [-0.15, -0.1) is 0 Å². The lowest BCUT2D eigenvalue weighted by molar-refractivity contribution is 0.0753. The Kier molecular flexibility index (Phi) is 8.57. The van der Waals surface area contributed by atoms with Gasteiger partial charge in [0.25, 0.3) is 10.1 Å². The molecule has 1 aromatic rings. The van der Waals surface area contributed by atoms with Crippen molar-refractivity contribution in [2.45, 2.75) is 106 Å². The van der Waals surface area contributed by atoms with Gasteiger partial charge in [-0.3, -0.25) is 4.55 Å². The molecule has 0 aromatic heterocycles. The van der Waals surface area contributed by atoms with Gasteiger partial charge < -0.3 is 9.84 Å². The molecule has 0 heterocycles. The van der Waals surface area contributed by atoms with Gasteiger partial charge in [0.1, 0.15) is 16.4 Å². The molecule has 32 heavy (non-hydrogen) atoms. The SMILES string of the molecule is CCc1c(OC)c(C)c(O)c(C(C(C)(C)CC(C)C)C(C)(C)CC(C)(C)C)c1S(=O)(=O)O. The number of ether oxygens (including phenoxy) is 1. The molecule has 0 radical (unpaired) electrons. The van der Waals surface area contributed by atoms with Crippen LogP contribution in [0.25, 0.3) is 0 Å². The molecule has 186 valence electrons. The standard InChI is InChI=1S/C26H46O5S/c1-13-18-21(31-12)17(4)20(27)19(22(18)32(28,29)30)23(25(8,9)14-16(2)3)26(10,11)15-24(5,6)7/h16,23,27H,13-15H2,1-12H3,(H,28,29,30). The molecular formula is C26H46O5S. The molecule has 1 atom stereocenters. The first kappa shape index (κ1) is 28.8. The van der Waals surface area contributed by atoms with E-state index in [9.17, 15) is 18.1 Å². The molecule has 1 rings (SSSR count). The second-order valence-electron chi connectivity index (χ2n) is 12.3. The first-order chi connectivity index (χ1) is 14.2. The minimum atomic E-state index is -4.63. The van der Waals surface area contributed by atoms with E-state index in [2.05, 4.69) is 62.3 Å². The smallest absolute Gasteiger partial charge is 0.295 e. The topological polar surface area (TPSA) is 83.8 Å². The summed E-state index contributed by atoms with van der Waals surface area (Å²) in [6.45, 7) is 22.9. The van der Waals surface area contributed by atoms with Crippen LogP contribution < -0.4 is 4.74 Å². The first-order valence-corrected chi connectivity index (χ1v) is 13.0. The highest BCUT2D eigenvalue weighted by molar-refractivity contribution is 7.86. The van der Waals surface area contributed by atoms with E-state index < -0.39 is 10.1 Å². The van der Waals surface area contributed by atoms with Gasteiger partial charge in [-0.1, -0.05) is 69.2 Å². The van der Waals surface area contributed by atoms with E-state index in [1.807, 2.05) is 6.92 Å². The van der Waals surface area contributed by atoms with Crippen LogP contribution in [0.1, 0.15) is 105 Å². The minimum Gasteiger partial charge on any atom is -0.507 e. The summed E-state index contributed by atoms with van der Waals surface area (Å²) in [4.78, 5) is -0.191. The van der Waals surface area contributed by atoms with Crippen LogP contribution in [0.15, 0.2) is 4.90 Å². The van der Waals surface area contributed by atoms with Crippen LogP contribution in [0.4, 0.5) is 0 Å². The molecule has 0 aliphatic rings. The Morgan fingerprint density at radius 3 is 1.84 bits per heavy atom. The highest BCUT2D eigenvalue weighted by Crippen LogP contribution is 2.59. The third-order valence-electron chi connectivity index (χ3n) is 6.33. The van der Waals surface area contributed by atoms with E-state index >= 15 is 0 Å². The van der Waals surface area contributed by atoms with Crippen molar-refractivity contribution in [1.82, 2.24) is 0 Å². The van der Waals surface area contributed by atoms with Crippen LogP contribution in [-0.2, 0) is 16.5 Å². The Hall–Kier alpha value is -1.27. The Bertz CT molecular complexity index is 919. The minimum absolute atomic E-state index is 0.0152. The maximum absolute atomic E-state index is 12.8. The molecule has 6 heteroatoms. The number of hydrogen-bond acceptors (Lipinski definition) is 4. The predicted octanol–water partition coefficient (Wildman–Crippen LogP) is 7.14. The zero-order chi connectivity index (χ0) is 25.4. The summed E-state index contributed by atoms with van der Waals surface area (Å²) in [5.41, 5.74) is 0.493. The van der Waals surface area contributed by atoms with Crippen molar-refractivity contribution in [3.05, 3.63) is 16.7 Å². The van der Waals surface area contributed by atoms with Crippen molar-refractivity contribution in [1.29, 1.82) is 0 Å². The maximum Gasteiger partial charge on any atom is 0.295 e. The van der Waals surface area contributed by atoms with E-state index in [1.54, 1.807) is 6.92 Å². The number of phenols is 1. The average Bonchev–Trinajstić information content (AvgIpc) is 2.53. The normalized spacial score (nSPS) is 14.7. The van der Waals surface area contributed by atoms with Gasteiger partial charge in [-0.25, -0.2) is 0 Å². The van der Waals surface area contributed by atoms with Crippen molar-refractivity contribution in [2.75, 3.05) is 7.11 Å². The molecule has 1 aromatic carbocycles. The Morgan fingerprint density at radius 2 is 1.50 bits per heavy atom. The quantitative estimate of drug-likeness (QED) is 0.375. The zero-order valence-electron chi connectivity index (χ0n) is 22.3. The molecule has 0 saturated heterocycles. The monoisotopic (exact) mass is 470 g/mol. The van der Waals surface area contributed by atoms with Crippen molar-refractivity contribution in [2.24, 2.45) is 22.2 Å². The van der Waals surface area contributed by atoms with Crippen LogP contribution >= 0.6 is 0 Å². The predicted molar refractivity (Wildman–Crippen MR) is 132 cm³/mol. The average molecular weight is 471 g/mol. The fourth-order valence-corrected chi connectivity index (χ4v) is 7.59. The van der Waals surface area contributed by atoms with Crippen LogP contribution in [0.5, 0.6) is 11.5 Å². The second-order valence-corrected chi connectivity index (χ2v) is 13.7. The maximum atomic E-state index is 12.8. The molecule has 0 amide bonds. The summed E-state index contributed by atoms with van der Waals surface area (Å²) in [5.74, 6) is 0.258. The first-order valence-electron chi connectivity index (χ1n) is 11.6. The Labute approximate surface area is 196 Å². The summed E-state index contributed by atoms with van der Waals surface area (Å²) in [5, 5.41) is 11.4. The number of aromatic hydroxyl groups is 1. The van der Waals surface area contributed by atoms with Gasteiger partial charge in [-0.2, -0.15) is 8.42 Å². The van der Waals surface area contributed by atoms with Crippen LogP contribution in [0.2, 0.25) is 0 Å². The molecule has 0 aliphatic heterocycles. The van der Waals surface area contributed by atoms with Crippen molar-refractivity contribution in [3.8, 4) is 11.5 Å². The molecule has 5 nitrogen and oxygen atoms in total.